The maximum atomic E-state index is 5.62. The van der Waals surface area contributed by atoms with Gasteiger partial charge in [-0.05, 0) is 6.92 Å². The zero-order valence-electron chi connectivity index (χ0n) is 7.87. The van der Waals surface area contributed by atoms with E-state index in [4.69, 9.17) is 16.2 Å². The van der Waals surface area contributed by atoms with Crippen LogP contribution in [0.1, 0.15) is 19.7 Å². The second-order valence-electron chi connectivity index (χ2n) is 2.53. The van der Waals surface area contributed by atoms with Crippen LogP contribution in [0, 0.1) is 0 Å². The van der Waals surface area contributed by atoms with E-state index in [0.29, 0.717) is 30.4 Å². The number of rotatable bonds is 3. The number of aromatic nitrogens is 2. The molecule has 72 valence electrons. The number of nitrogens with two attached hydrogens (primary N) is 2. The van der Waals surface area contributed by atoms with Gasteiger partial charge in [-0.1, -0.05) is 6.92 Å². The highest BCUT2D eigenvalue weighted by atomic mass is 16.5. The van der Waals surface area contributed by atoms with Gasteiger partial charge in [0.05, 0.1) is 6.61 Å². The van der Waals surface area contributed by atoms with E-state index in [2.05, 4.69) is 9.97 Å². The molecule has 0 aromatic carbocycles. The molecule has 5 nitrogen and oxygen atoms in total. The van der Waals surface area contributed by atoms with E-state index in [1.54, 1.807) is 0 Å². The number of hydrogen-bond acceptors (Lipinski definition) is 5. The lowest BCUT2D eigenvalue weighted by Crippen LogP contribution is -2.07. The van der Waals surface area contributed by atoms with E-state index in [0.717, 1.165) is 0 Å². The molecule has 1 aromatic heterocycles. The van der Waals surface area contributed by atoms with Gasteiger partial charge in [-0.15, -0.1) is 0 Å². The fraction of sp³-hybridized carbons (Fsp3) is 0.500. The summed E-state index contributed by atoms with van der Waals surface area (Å²) in [5, 5.41) is 0. The Morgan fingerprint density at radius 3 is 2.46 bits per heavy atom. The fourth-order valence-corrected chi connectivity index (χ4v) is 0.916. The molecule has 5 heteroatoms. The van der Waals surface area contributed by atoms with Crippen molar-refractivity contribution in [1.82, 2.24) is 9.97 Å². The zero-order valence-corrected chi connectivity index (χ0v) is 7.87. The molecule has 13 heavy (non-hydrogen) atoms. The summed E-state index contributed by atoms with van der Waals surface area (Å²) < 4.78 is 5.20. The van der Waals surface area contributed by atoms with Crippen molar-refractivity contribution in [3.05, 3.63) is 5.82 Å². The maximum absolute atomic E-state index is 5.62. The summed E-state index contributed by atoms with van der Waals surface area (Å²) in [4.78, 5) is 8.10. The summed E-state index contributed by atoms with van der Waals surface area (Å²) in [5.74, 6) is 1.32. The van der Waals surface area contributed by atoms with Crippen LogP contribution in [0.5, 0.6) is 5.88 Å². The largest absolute Gasteiger partial charge is 0.476 e. The normalized spacial score (nSPS) is 10.0. The first-order valence-corrected chi connectivity index (χ1v) is 4.23. The van der Waals surface area contributed by atoms with Crippen LogP contribution in [0.3, 0.4) is 0 Å². The quantitative estimate of drug-likeness (QED) is 0.714. The number of nitrogens with zero attached hydrogens (tertiary/aromatic N) is 2. The lowest BCUT2D eigenvalue weighted by molar-refractivity contribution is 0.327. The summed E-state index contributed by atoms with van der Waals surface area (Å²) >= 11 is 0. The molecule has 0 saturated carbocycles. The number of ether oxygens (including phenoxy) is 1. The number of nitrogen functional groups attached to an aromatic ring is 2. The predicted octanol–water partition coefficient (Wildman–Crippen LogP) is 0.602. The molecule has 0 saturated heterocycles. The Balaban J connectivity index is 3.09. The van der Waals surface area contributed by atoms with Crippen molar-refractivity contribution in [2.75, 3.05) is 18.1 Å². The minimum atomic E-state index is 0.287. The molecule has 0 radical (unpaired) electrons. The Hall–Kier alpha value is -1.52. The maximum Gasteiger partial charge on any atom is 0.242 e. The number of aryl methyl sites for hydroxylation is 1. The first-order chi connectivity index (χ1) is 6.19. The highest BCUT2D eigenvalue weighted by Crippen LogP contribution is 2.23. The molecule has 0 atom stereocenters. The first-order valence-electron chi connectivity index (χ1n) is 4.23. The third-order valence-corrected chi connectivity index (χ3v) is 1.58. The van der Waals surface area contributed by atoms with Crippen molar-refractivity contribution in [3.63, 3.8) is 0 Å². The summed E-state index contributed by atoms with van der Waals surface area (Å²) in [5.41, 5.74) is 11.5. The Morgan fingerprint density at radius 1 is 1.23 bits per heavy atom. The minimum Gasteiger partial charge on any atom is -0.476 e. The van der Waals surface area contributed by atoms with Crippen LogP contribution in [-0.4, -0.2) is 16.6 Å². The molecule has 1 rings (SSSR count). The first kappa shape index (κ1) is 9.57. The highest BCUT2D eigenvalue weighted by molar-refractivity contribution is 5.64. The summed E-state index contributed by atoms with van der Waals surface area (Å²) in [6.45, 7) is 4.33. The van der Waals surface area contributed by atoms with Gasteiger partial charge in [0, 0.05) is 6.42 Å². The molecular weight excluding hydrogens is 168 g/mol. The molecule has 4 N–H and O–H groups in total. The van der Waals surface area contributed by atoms with Crippen LogP contribution in [0.25, 0.3) is 0 Å². The van der Waals surface area contributed by atoms with Gasteiger partial charge < -0.3 is 16.2 Å². The second-order valence-corrected chi connectivity index (χ2v) is 2.53. The van der Waals surface area contributed by atoms with Gasteiger partial charge in [-0.25, -0.2) is 4.98 Å². The van der Waals surface area contributed by atoms with E-state index in [1.165, 1.54) is 0 Å². The fourth-order valence-electron chi connectivity index (χ4n) is 0.916. The van der Waals surface area contributed by atoms with Gasteiger partial charge in [0.15, 0.2) is 5.82 Å². The topological polar surface area (TPSA) is 87.0 Å². The third-order valence-electron chi connectivity index (χ3n) is 1.58. The van der Waals surface area contributed by atoms with E-state index in [-0.39, 0.29) is 5.82 Å². The highest BCUT2D eigenvalue weighted by Gasteiger charge is 2.08. The monoisotopic (exact) mass is 182 g/mol. The average molecular weight is 182 g/mol. The minimum absolute atomic E-state index is 0.287. The molecular formula is C8H14N4O. The van der Waals surface area contributed by atoms with Crippen molar-refractivity contribution >= 4 is 11.5 Å². The van der Waals surface area contributed by atoms with Crippen LogP contribution in [0.15, 0.2) is 0 Å². The smallest absolute Gasteiger partial charge is 0.242 e. The van der Waals surface area contributed by atoms with Gasteiger partial charge in [0.2, 0.25) is 5.88 Å². The van der Waals surface area contributed by atoms with E-state index in [1.807, 2.05) is 13.8 Å². The molecule has 0 unspecified atom stereocenters. The van der Waals surface area contributed by atoms with Crippen molar-refractivity contribution in [3.8, 4) is 5.88 Å². The third kappa shape index (κ3) is 1.99. The molecule has 0 spiro atoms. The van der Waals surface area contributed by atoms with Gasteiger partial charge in [-0.3, -0.25) is 0 Å². The predicted molar refractivity (Wildman–Crippen MR) is 51.4 cm³/mol. The Labute approximate surface area is 77.1 Å². The van der Waals surface area contributed by atoms with Gasteiger partial charge in [0.1, 0.15) is 11.5 Å². The lowest BCUT2D eigenvalue weighted by Gasteiger charge is -2.08. The standard InChI is InChI=1S/C8H14N4O/c1-3-5-11-7(10)6(9)8(12-5)13-4-2/h3-4,9H2,1-2H3,(H2,10,11,12). The average Bonchev–Trinajstić information content (AvgIpc) is 2.13. The molecule has 0 amide bonds. The van der Waals surface area contributed by atoms with Crippen LogP contribution >= 0.6 is 0 Å². The van der Waals surface area contributed by atoms with Crippen LogP contribution in [-0.2, 0) is 6.42 Å². The summed E-state index contributed by atoms with van der Waals surface area (Å²) in [6, 6.07) is 0. The van der Waals surface area contributed by atoms with Crippen molar-refractivity contribution in [1.29, 1.82) is 0 Å². The van der Waals surface area contributed by atoms with Crippen molar-refractivity contribution in [2.24, 2.45) is 0 Å². The van der Waals surface area contributed by atoms with Gasteiger partial charge in [-0.2, -0.15) is 4.98 Å². The number of anilines is 2. The Kier molecular flexibility index (Phi) is 2.89. The van der Waals surface area contributed by atoms with Crippen LogP contribution in [0.4, 0.5) is 11.5 Å². The van der Waals surface area contributed by atoms with Crippen molar-refractivity contribution in [2.45, 2.75) is 20.3 Å². The van der Waals surface area contributed by atoms with E-state index in [9.17, 15) is 0 Å². The molecule has 0 aliphatic heterocycles. The van der Waals surface area contributed by atoms with Crippen LogP contribution in [0.2, 0.25) is 0 Å². The Morgan fingerprint density at radius 2 is 1.92 bits per heavy atom. The zero-order chi connectivity index (χ0) is 9.84. The SMILES string of the molecule is CCOc1nc(CC)nc(N)c1N. The van der Waals surface area contributed by atoms with Gasteiger partial charge in [0.25, 0.3) is 0 Å². The second kappa shape index (κ2) is 3.93. The summed E-state index contributed by atoms with van der Waals surface area (Å²) in [7, 11) is 0. The molecule has 1 aromatic rings. The van der Waals surface area contributed by atoms with E-state index >= 15 is 0 Å². The van der Waals surface area contributed by atoms with E-state index < -0.39 is 0 Å². The lowest BCUT2D eigenvalue weighted by atomic mass is 10.4. The number of hydrogen-bond donors (Lipinski definition) is 2. The van der Waals surface area contributed by atoms with Gasteiger partial charge >= 0.3 is 0 Å². The van der Waals surface area contributed by atoms with Crippen LogP contribution < -0.4 is 16.2 Å². The molecule has 0 fully saturated rings. The molecule has 0 aliphatic carbocycles. The Bertz CT molecular complexity index is 300. The molecule has 0 bridgehead atoms. The molecule has 1 heterocycles. The van der Waals surface area contributed by atoms with Crippen molar-refractivity contribution < 1.29 is 4.74 Å². The summed E-state index contributed by atoms with van der Waals surface area (Å²) in [6.07, 6.45) is 0.713. The molecule has 0 aliphatic rings.